The molecule has 0 fully saturated rings. The van der Waals surface area contributed by atoms with E-state index in [4.69, 9.17) is 0 Å². The Kier molecular flexibility index (Phi) is 5.09. The van der Waals surface area contributed by atoms with E-state index in [0.29, 0.717) is 11.3 Å². The van der Waals surface area contributed by atoms with Gasteiger partial charge in [0, 0.05) is 17.3 Å². The summed E-state index contributed by atoms with van der Waals surface area (Å²) in [4.78, 5) is 23.1. The summed E-state index contributed by atoms with van der Waals surface area (Å²) in [6, 6.07) is 14.6. The monoisotopic (exact) mass is 295 g/mol. The van der Waals surface area contributed by atoms with Crippen molar-refractivity contribution in [3.8, 4) is 0 Å². The Morgan fingerprint density at radius 3 is 2.45 bits per heavy atom. The maximum absolute atomic E-state index is 12.1. The number of amides is 1. The molecule has 0 aliphatic heterocycles. The molecule has 0 aromatic heterocycles. The number of esters is 1. The lowest BCUT2D eigenvalue weighted by atomic mass is 10.1. The first kappa shape index (κ1) is 15.5. The van der Waals surface area contributed by atoms with Crippen molar-refractivity contribution in [3.63, 3.8) is 0 Å². The van der Waals surface area contributed by atoms with E-state index >= 15 is 0 Å². The van der Waals surface area contributed by atoms with Crippen LogP contribution in [0.4, 0.5) is 5.69 Å². The van der Waals surface area contributed by atoms with Gasteiger partial charge in [0.2, 0.25) is 0 Å². The predicted octanol–water partition coefficient (Wildman–Crippen LogP) is 3.43. The molecule has 0 heterocycles. The van der Waals surface area contributed by atoms with Crippen molar-refractivity contribution in [2.45, 2.75) is 6.92 Å². The van der Waals surface area contributed by atoms with Crippen LogP contribution >= 0.6 is 0 Å². The molecule has 2 rings (SSSR count). The number of carbonyl (C=O) groups excluding carboxylic acids is 2. The van der Waals surface area contributed by atoms with Gasteiger partial charge in [0.15, 0.2) is 0 Å². The minimum atomic E-state index is -0.406. The maximum Gasteiger partial charge on any atom is 0.330 e. The number of ether oxygens (including phenoxy) is 1. The smallest absolute Gasteiger partial charge is 0.330 e. The van der Waals surface area contributed by atoms with E-state index in [0.717, 1.165) is 11.1 Å². The molecule has 112 valence electrons. The lowest BCUT2D eigenvalue weighted by Crippen LogP contribution is -2.11. The van der Waals surface area contributed by atoms with E-state index < -0.39 is 5.97 Å². The van der Waals surface area contributed by atoms with Gasteiger partial charge in [-0.3, -0.25) is 4.79 Å². The summed E-state index contributed by atoms with van der Waals surface area (Å²) >= 11 is 0. The van der Waals surface area contributed by atoms with Crippen LogP contribution < -0.4 is 5.32 Å². The van der Waals surface area contributed by atoms with Crippen molar-refractivity contribution in [1.29, 1.82) is 0 Å². The molecule has 1 N–H and O–H groups in total. The highest BCUT2D eigenvalue weighted by Gasteiger charge is 2.05. The van der Waals surface area contributed by atoms with Crippen LogP contribution in [0.3, 0.4) is 0 Å². The summed E-state index contributed by atoms with van der Waals surface area (Å²) in [5, 5.41) is 2.83. The molecule has 0 spiro atoms. The van der Waals surface area contributed by atoms with E-state index in [9.17, 15) is 9.59 Å². The summed E-state index contributed by atoms with van der Waals surface area (Å²) in [5.41, 5.74) is 3.20. The van der Waals surface area contributed by atoms with Gasteiger partial charge in [0.25, 0.3) is 5.91 Å². The third-order valence-electron chi connectivity index (χ3n) is 3.06. The molecule has 0 unspecified atom stereocenters. The van der Waals surface area contributed by atoms with E-state index in [1.54, 1.807) is 24.3 Å². The third kappa shape index (κ3) is 4.31. The van der Waals surface area contributed by atoms with Crippen LogP contribution in [-0.4, -0.2) is 19.0 Å². The summed E-state index contributed by atoms with van der Waals surface area (Å²) in [6.07, 6.45) is 3.00. The van der Waals surface area contributed by atoms with Gasteiger partial charge in [0.05, 0.1) is 7.11 Å². The van der Waals surface area contributed by atoms with Gasteiger partial charge in [-0.15, -0.1) is 0 Å². The second-order valence-corrected chi connectivity index (χ2v) is 4.80. The normalized spacial score (nSPS) is 10.5. The zero-order valence-electron chi connectivity index (χ0n) is 12.5. The molecular formula is C18H17NO3. The quantitative estimate of drug-likeness (QED) is 0.694. The van der Waals surface area contributed by atoms with Gasteiger partial charge in [-0.2, -0.15) is 0 Å². The zero-order chi connectivity index (χ0) is 15.9. The van der Waals surface area contributed by atoms with Gasteiger partial charge in [-0.25, -0.2) is 4.79 Å². The summed E-state index contributed by atoms with van der Waals surface area (Å²) < 4.78 is 4.52. The van der Waals surface area contributed by atoms with Crippen molar-refractivity contribution < 1.29 is 14.3 Å². The molecule has 4 heteroatoms. The number of nitrogens with one attached hydrogen (secondary N) is 1. The number of rotatable bonds is 4. The van der Waals surface area contributed by atoms with Gasteiger partial charge >= 0.3 is 5.97 Å². The minimum absolute atomic E-state index is 0.151. The average Bonchev–Trinajstić information content (AvgIpc) is 2.53. The molecule has 0 aliphatic rings. The molecule has 1 amide bonds. The molecule has 0 bridgehead atoms. The number of hydrogen-bond acceptors (Lipinski definition) is 3. The molecule has 0 saturated heterocycles. The van der Waals surface area contributed by atoms with Gasteiger partial charge in [-0.05, 0) is 42.8 Å². The second kappa shape index (κ2) is 7.22. The number of anilines is 1. The Bertz CT molecular complexity index is 703. The molecular weight excluding hydrogens is 278 g/mol. The van der Waals surface area contributed by atoms with Crippen LogP contribution in [0, 0.1) is 6.92 Å². The highest BCUT2D eigenvalue weighted by molar-refractivity contribution is 6.04. The molecule has 4 nitrogen and oxygen atoms in total. The van der Waals surface area contributed by atoms with E-state index in [1.165, 1.54) is 13.2 Å². The fraction of sp³-hybridized carbons (Fsp3) is 0.111. The number of aryl methyl sites for hydroxylation is 1. The SMILES string of the molecule is COC(=O)/C=C/c1ccc(NC(=O)c2cccc(C)c2)cc1. The number of hydrogen-bond donors (Lipinski definition) is 1. The summed E-state index contributed by atoms with van der Waals surface area (Å²) in [7, 11) is 1.33. The highest BCUT2D eigenvalue weighted by atomic mass is 16.5. The fourth-order valence-electron chi connectivity index (χ4n) is 1.90. The molecule has 2 aromatic carbocycles. The van der Waals surface area contributed by atoms with Crippen molar-refractivity contribution in [2.75, 3.05) is 12.4 Å². The Hall–Kier alpha value is -2.88. The van der Waals surface area contributed by atoms with E-state index in [2.05, 4.69) is 10.1 Å². The number of carbonyl (C=O) groups is 2. The Balaban J connectivity index is 2.03. The highest BCUT2D eigenvalue weighted by Crippen LogP contribution is 2.13. The lowest BCUT2D eigenvalue weighted by molar-refractivity contribution is -0.134. The van der Waals surface area contributed by atoms with Crippen LogP contribution in [0.15, 0.2) is 54.6 Å². The molecule has 0 aliphatic carbocycles. The molecule has 2 aromatic rings. The zero-order valence-corrected chi connectivity index (χ0v) is 12.5. The van der Waals surface area contributed by atoms with Crippen molar-refractivity contribution in [2.24, 2.45) is 0 Å². The first-order valence-electron chi connectivity index (χ1n) is 6.82. The van der Waals surface area contributed by atoms with Crippen LogP contribution in [0.5, 0.6) is 0 Å². The molecule has 22 heavy (non-hydrogen) atoms. The minimum Gasteiger partial charge on any atom is -0.466 e. The Morgan fingerprint density at radius 2 is 1.82 bits per heavy atom. The summed E-state index contributed by atoms with van der Waals surface area (Å²) in [6.45, 7) is 1.94. The van der Waals surface area contributed by atoms with Crippen molar-refractivity contribution in [3.05, 3.63) is 71.3 Å². The van der Waals surface area contributed by atoms with Crippen LogP contribution in [0.25, 0.3) is 6.08 Å². The van der Waals surface area contributed by atoms with Crippen molar-refractivity contribution in [1.82, 2.24) is 0 Å². The first-order valence-corrected chi connectivity index (χ1v) is 6.82. The van der Waals surface area contributed by atoms with Crippen LogP contribution in [0.1, 0.15) is 21.5 Å². The van der Waals surface area contributed by atoms with Crippen LogP contribution in [0.2, 0.25) is 0 Å². The van der Waals surface area contributed by atoms with E-state index in [-0.39, 0.29) is 5.91 Å². The van der Waals surface area contributed by atoms with E-state index in [1.807, 2.05) is 37.3 Å². The van der Waals surface area contributed by atoms with Gasteiger partial charge < -0.3 is 10.1 Å². The predicted molar refractivity (Wildman–Crippen MR) is 86.6 cm³/mol. The molecule has 0 radical (unpaired) electrons. The van der Waals surface area contributed by atoms with Gasteiger partial charge in [-0.1, -0.05) is 29.8 Å². The fourth-order valence-corrected chi connectivity index (χ4v) is 1.90. The Morgan fingerprint density at radius 1 is 1.09 bits per heavy atom. The largest absolute Gasteiger partial charge is 0.466 e. The van der Waals surface area contributed by atoms with Crippen molar-refractivity contribution >= 4 is 23.6 Å². The lowest BCUT2D eigenvalue weighted by Gasteiger charge is -2.06. The number of benzene rings is 2. The van der Waals surface area contributed by atoms with Crippen LogP contribution in [-0.2, 0) is 9.53 Å². The second-order valence-electron chi connectivity index (χ2n) is 4.80. The molecule has 0 saturated carbocycles. The standard InChI is InChI=1S/C18H17NO3/c1-13-4-3-5-15(12-13)18(21)19-16-9-6-14(7-10-16)8-11-17(20)22-2/h3-12H,1-2H3,(H,19,21)/b11-8+. The first-order chi connectivity index (χ1) is 10.6. The molecule has 0 atom stereocenters. The maximum atomic E-state index is 12.1. The summed E-state index contributed by atoms with van der Waals surface area (Å²) in [5.74, 6) is -0.557. The Labute approximate surface area is 129 Å². The third-order valence-corrected chi connectivity index (χ3v) is 3.06. The van der Waals surface area contributed by atoms with Gasteiger partial charge in [0.1, 0.15) is 0 Å². The average molecular weight is 295 g/mol. The number of methoxy groups -OCH3 is 1. The topological polar surface area (TPSA) is 55.4 Å².